The van der Waals surface area contributed by atoms with E-state index in [0.29, 0.717) is 11.7 Å². The zero-order valence-electron chi connectivity index (χ0n) is 11.0. The van der Waals surface area contributed by atoms with Crippen molar-refractivity contribution in [2.45, 2.75) is 38.3 Å². The molecule has 2 rings (SSSR count). The first kappa shape index (κ1) is 13.4. The van der Waals surface area contributed by atoms with Crippen molar-refractivity contribution < 1.29 is 9.59 Å². The van der Waals surface area contributed by atoms with Gasteiger partial charge in [0.15, 0.2) is 0 Å². The highest BCUT2D eigenvalue weighted by Gasteiger charge is 2.26. The Labute approximate surface area is 112 Å². The van der Waals surface area contributed by atoms with Gasteiger partial charge in [-0.25, -0.2) is 0 Å². The molecule has 4 N–H and O–H groups in total. The fraction of sp³-hybridized carbons (Fsp3) is 0.429. The molecule has 1 aliphatic carbocycles. The Balaban J connectivity index is 1.81. The lowest BCUT2D eigenvalue weighted by molar-refractivity contribution is -0.128. The van der Waals surface area contributed by atoms with Gasteiger partial charge in [0.1, 0.15) is 6.04 Å². The molecule has 0 aromatic heterocycles. The van der Waals surface area contributed by atoms with E-state index in [2.05, 4.69) is 10.6 Å². The zero-order chi connectivity index (χ0) is 13.8. The van der Waals surface area contributed by atoms with Crippen LogP contribution in [0, 0.1) is 0 Å². The number of nitrogen functional groups attached to an aromatic ring is 1. The second kappa shape index (κ2) is 5.73. The van der Waals surface area contributed by atoms with E-state index in [1.54, 1.807) is 25.1 Å². The monoisotopic (exact) mass is 261 g/mol. The third-order valence-electron chi connectivity index (χ3n) is 3.01. The number of nitrogens with one attached hydrogen (secondary N) is 2. The molecule has 1 aliphatic rings. The first-order valence-corrected chi connectivity index (χ1v) is 6.49. The van der Waals surface area contributed by atoms with E-state index in [0.717, 1.165) is 18.4 Å². The quantitative estimate of drug-likeness (QED) is 0.678. The first-order valence-electron chi connectivity index (χ1n) is 6.49. The van der Waals surface area contributed by atoms with E-state index < -0.39 is 6.04 Å². The summed E-state index contributed by atoms with van der Waals surface area (Å²) in [7, 11) is 0. The number of hydrogen-bond acceptors (Lipinski definition) is 3. The van der Waals surface area contributed by atoms with Gasteiger partial charge in [-0.2, -0.15) is 0 Å². The van der Waals surface area contributed by atoms with Crippen molar-refractivity contribution in [3.8, 4) is 0 Å². The first-order chi connectivity index (χ1) is 9.04. The zero-order valence-corrected chi connectivity index (χ0v) is 11.0. The maximum atomic E-state index is 11.8. The van der Waals surface area contributed by atoms with Gasteiger partial charge in [-0.3, -0.25) is 9.59 Å². The normalized spacial score (nSPS) is 15.6. The van der Waals surface area contributed by atoms with Gasteiger partial charge in [0.2, 0.25) is 11.8 Å². The van der Waals surface area contributed by atoms with Crippen molar-refractivity contribution in [1.29, 1.82) is 0 Å². The molecule has 1 aromatic carbocycles. The standard InChI is InChI=1S/C14H19N3O2/c1-9(14(19)17-12-5-6-12)16-13(18)8-10-3-2-4-11(15)7-10/h2-4,7,9,12H,5-6,8,15H2,1H3,(H,16,18)(H,17,19). The van der Waals surface area contributed by atoms with Crippen LogP contribution in [-0.2, 0) is 16.0 Å². The van der Waals surface area contributed by atoms with Gasteiger partial charge in [0.25, 0.3) is 0 Å². The minimum Gasteiger partial charge on any atom is -0.399 e. The number of carbonyl (C=O) groups excluding carboxylic acids is 2. The largest absolute Gasteiger partial charge is 0.399 e. The van der Waals surface area contributed by atoms with Crippen LogP contribution in [0.4, 0.5) is 5.69 Å². The predicted octanol–water partition coefficient (Wildman–Crippen LogP) is 0.595. The van der Waals surface area contributed by atoms with E-state index >= 15 is 0 Å². The summed E-state index contributed by atoms with van der Waals surface area (Å²) in [5, 5.41) is 5.55. The lowest BCUT2D eigenvalue weighted by Gasteiger charge is -2.13. The second-order valence-electron chi connectivity index (χ2n) is 4.99. The van der Waals surface area contributed by atoms with Gasteiger partial charge in [-0.05, 0) is 37.5 Å². The van der Waals surface area contributed by atoms with Crippen LogP contribution in [-0.4, -0.2) is 23.9 Å². The Kier molecular flexibility index (Phi) is 4.04. The molecule has 0 bridgehead atoms. The highest BCUT2D eigenvalue weighted by atomic mass is 16.2. The smallest absolute Gasteiger partial charge is 0.242 e. The molecule has 2 amide bonds. The number of nitrogens with two attached hydrogens (primary N) is 1. The number of benzene rings is 1. The summed E-state index contributed by atoms with van der Waals surface area (Å²) in [5.74, 6) is -0.299. The molecule has 1 fully saturated rings. The van der Waals surface area contributed by atoms with Crippen LogP contribution >= 0.6 is 0 Å². The third-order valence-corrected chi connectivity index (χ3v) is 3.01. The van der Waals surface area contributed by atoms with Crippen LogP contribution in [0.5, 0.6) is 0 Å². The second-order valence-corrected chi connectivity index (χ2v) is 4.99. The highest BCUT2D eigenvalue weighted by molar-refractivity contribution is 5.88. The lowest BCUT2D eigenvalue weighted by atomic mass is 10.1. The summed E-state index contributed by atoms with van der Waals surface area (Å²) in [4.78, 5) is 23.5. The molecule has 5 heteroatoms. The van der Waals surface area contributed by atoms with Gasteiger partial charge in [0, 0.05) is 11.7 Å². The van der Waals surface area contributed by atoms with Gasteiger partial charge in [0.05, 0.1) is 6.42 Å². The van der Waals surface area contributed by atoms with Crippen molar-refractivity contribution in [1.82, 2.24) is 10.6 Å². The van der Waals surface area contributed by atoms with Crippen LogP contribution in [0.1, 0.15) is 25.3 Å². The van der Waals surface area contributed by atoms with Crippen molar-refractivity contribution >= 4 is 17.5 Å². The van der Waals surface area contributed by atoms with E-state index in [-0.39, 0.29) is 18.2 Å². The van der Waals surface area contributed by atoms with E-state index in [1.165, 1.54) is 0 Å². The molecule has 0 spiro atoms. The van der Waals surface area contributed by atoms with Crippen LogP contribution in [0.2, 0.25) is 0 Å². The summed E-state index contributed by atoms with van der Waals surface area (Å²) in [6.07, 6.45) is 2.30. The summed E-state index contributed by atoms with van der Waals surface area (Å²) >= 11 is 0. The van der Waals surface area contributed by atoms with E-state index in [1.807, 2.05) is 6.07 Å². The molecule has 0 aliphatic heterocycles. The summed E-state index contributed by atoms with van der Waals surface area (Å²) in [5.41, 5.74) is 7.12. The molecule has 0 saturated heterocycles. The molecular weight excluding hydrogens is 242 g/mol. The highest BCUT2D eigenvalue weighted by Crippen LogP contribution is 2.18. The Bertz CT molecular complexity index is 483. The van der Waals surface area contributed by atoms with Crippen molar-refractivity contribution in [2.24, 2.45) is 0 Å². The molecule has 102 valence electrons. The maximum Gasteiger partial charge on any atom is 0.242 e. The van der Waals surface area contributed by atoms with Gasteiger partial charge >= 0.3 is 0 Å². The van der Waals surface area contributed by atoms with Crippen molar-refractivity contribution in [2.75, 3.05) is 5.73 Å². The molecular formula is C14H19N3O2. The minimum absolute atomic E-state index is 0.122. The number of amides is 2. The Morgan fingerprint density at radius 1 is 1.42 bits per heavy atom. The molecule has 19 heavy (non-hydrogen) atoms. The van der Waals surface area contributed by atoms with Gasteiger partial charge < -0.3 is 16.4 Å². The van der Waals surface area contributed by atoms with Crippen LogP contribution in [0.3, 0.4) is 0 Å². The number of carbonyl (C=O) groups is 2. The SMILES string of the molecule is CC(NC(=O)Cc1cccc(N)c1)C(=O)NC1CC1. The Hall–Kier alpha value is -2.04. The average molecular weight is 261 g/mol. The molecule has 1 unspecified atom stereocenters. The third kappa shape index (κ3) is 4.28. The average Bonchev–Trinajstić information content (AvgIpc) is 3.12. The maximum absolute atomic E-state index is 11.8. The van der Waals surface area contributed by atoms with Crippen molar-refractivity contribution in [3.63, 3.8) is 0 Å². The van der Waals surface area contributed by atoms with Crippen molar-refractivity contribution in [3.05, 3.63) is 29.8 Å². The molecule has 5 nitrogen and oxygen atoms in total. The van der Waals surface area contributed by atoms with Gasteiger partial charge in [-0.15, -0.1) is 0 Å². The van der Waals surface area contributed by atoms with E-state index in [9.17, 15) is 9.59 Å². The number of rotatable bonds is 5. The minimum atomic E-state index is -0.505. The molecule has 1 saturated carbocycles. The summed E-state index contributed by atoms with van der Waals surface area (Å²) in [6, 6.07) is 6.98. The van der Waals surface area contributed by atoms with E-state index in [4.69, 9.17) is 5.73 Å². The summed E-state index contributed by atoms with van der Waals surface area (Å²) < 4.78 is 0. The lowest BCUT2D eigenvalue weighted by Crippen LogP contribution is -2.45. The molecule has 0 heterocycles. The van der Waals surface area contributed by atoms with Crippen LogP contribution < -0.4 is 16.4 Å². The fourth-order valence-corrected chi connectivity index (χ4v) is 1.80. The number of anilines is 1. The molecule has 1 atom stereocenters. The van der Waals surface area contributed by atoms with Gasteiger partial charge in [-0.1, -0.05) is 12.1 Å². The Morgan fingerprint density at radius 3 is 2.79 bits per heavy atom. The van der Waals surface area contributed by atoms with Crippen LogP contribution in [0.25, 0.3) is 0 Å². The Morgan fingerprint density at radius 2 is 2.16 bits per heavy atom. The summed E-state index contributed by atoms with van der Waals surface area (Å²) in [6.45, 7) is 1.69. The molecule has 0 radical (unpaired) electrons. The number of hydrogen-bond donors (Lipinski definition) is 3. The fourth-order valence-electron chi connectivity index (χ4n) is 1.80. The van der Waals surface area contributed by atoms with Crippen LogP contribution in [0.15, 0.2) is 24.3 Å². The topological polar surface area (TPSA) is 84.2 Å². The molecule has 1 aromatic rings. The predicted molar refractivity (Wildman–Crippen MR) is 73.3 cm³/mol.